The largest absolute Gasteiger partial charge is 0.490 e. The van der Waals surface area contributed by atoms with E-state index in [0.29, 0.717) is 37.6 Å². The zero-order chi connectivity index (χ0) is 22.0. The van der Waals surface area contributed by atoms with Gasteiger partial charge in [0.05, 0.1) is 24.7 Å². The highest BCUT2D eigenvalue weighted by Crippen LogP contribution is 2.31. The molecule has 0 saturated heterocycles. The number of rotatable bonds is 10. The van der Waals surface area contributed by atoms with Crippen molar-refractivity contribution in [2.45, 2.75) is 44.0 Å². The monoisotopic (exact) mass is 440 g/mol. The minimum Gasteiger partial charge on any atom is -0.490 e. The van der Waals surface area contributed by atoms with Crippen LogP contribution < -0.4 is 19.5 Å². The number of carbonyl (C=O) groups is 2. The van der Waals surface area contributed by atoms with Crippen molar-refractivity contribution in [2.75, 3.05) is 26.4 Å². The number of hydrogen-bond donors (Lipinski definition) is 2. The first-order chi connectivity index (χ1) is 14.4. The SMILES string of the molecule is C/C=C\CC(NC(=O)CCNS(=O)(=O)c1ccc2c(c1)OCCCO2)C(=O)OCC. The third-order valence-corrected chi connectivity index (χ3v) is 5.65. The maximum Gasteiger partial charge on any atom is 0.328 e. The van der Waals surface area contributed by atoms with Crippen LogP contribution in [0, 0.1) is 0 Å². The first-order valence-electron chi connectivity index (χ1n) is 9.84. The lowest BCUT2D eigenvalue weighted by Gasteiger charge is -2.16. The van der Waals surface area contributed by atoms with Gasteiger partial charge in [-0.25, -0.2) is 17.9 Å². The average Bonchev–Trinajstić information content (AvgIpc) is 2.96. The fraction of sp³-hybridized carbons (Fsp3) is 0.500. The Morgan fingerprint density at radius 1 is 1.23 bits per heavy atom. The van der Waals surface area contributed by atoms with Gasteiger partial charge in [0.2, 0.25) is 15.9 Å². The molecule has 30 heavy (non-hydrogen) atoms. The Labute approximate surface area is 176 Å². The molecule has 0 saturated carbocycles. The standard InChI is InChI=1S/C20H28N2O7S/c1-3-5-7-16(20(24)27-4-2)22-19(23)10-11-21-30(25,26)15-8-9-17-18(14-15)29-13-6-12-28-17/h3,5,8-9,14,16,21H,4,6-7,10-13H2,1-2H3,(H,22,23)/b5-3-. The van der Waals surface area contributed by atoms with Crippen LogP contribution in [0.2, 0.25) is 0 Å². The molecule has 166 valence electrons. The Bertz CT molecular complexity index is 868. The normalized spacial score (nSPS) is 14.7. The van der Waals surface area contributed by atoms with Crippen molar-refractivity contribution in [1.82, 2.24) is 10.0 Å². The first-order valence-corrected chi connectivity index (χ1v) is 11.3. The number of benzene rings is 1. The molecule has 1 aromatic carbocycles. The quantitative estimate of drug-likeness (QED) is 0.418. The number of hydrogen-bond acceptors (Lipinski definition) is 7. The van der Waals surface area contributed by atoms with Crippen LogP contribution in [0.4, 0.5) is 0 Å². The number of esters is 1. The molecule has 0 aliphatic carbocycles. The lowest BCUT2D eigenvalue weighted by molar-refractivity contribution is -0.147. The lowest BCUT2D eigenvalue weighted by atomic mass is 10.2. The molecule has 1 unspecified atom stereocenters. The number of ether oxygens (including phenoxy) is 3. The summed E-state index contributed by atoms with van der Waals surface area (Å²) in [5.74, 6) is -0.123. The summed E-state index contributed by atoms with van der Waals surface area (Å²) >= 11 is 0. The highest BCUT2D eigenvalue weighted by Gasteiger charge is 2.22. The molecule has 10 heteroatoms. The van der Waals surface area contributed by atoms with Crippen LogP contribution in [0.1, 0.15) is 33.1 Å². The molecule has 0 aromatic heterocycles. The molecule has 0 radical (unpaired) electrons. The number of carbonyl (C=O) groups excluding carboxylic acids is 2. The van der Waals surface area contributed by atoms with Crippen LogP contribution in [0.3, 0.4) is 0 Å². The molecular formula is C20H28N2O7S. The molecule has 1 amide bonds. The third-order valence-electron chi connectivity index (χ3n) is 4.19. The summed E-state index contributed by atoms with van der Waals surface area (Å²) in [6, 6.07) is 3.56. The van der Waals surface area contributed by atoms with E-state index in [0.717, 1.165) is 0 Å². The van der Waals surface area contributed by atoms with E-state index in [1.165, 1.54) is 12.1 Å². The summed E-state index contributed by atoms with van der Waals surface area (Å²) in [6.45, 7) is 4.52. The highest BCUT2D eigenvalue weighted by atomic mass is 32.2. The predicted octanol–water partition coefficient (Wildman–Crippen LogP) is 1.53. The Hall–Kier alpha value is -2.59. The second-order valence-corrected chi connectivity index (χ2v) is 8.25. The van der Waals surface area contributed by atoms with Gasteiger partial charge in [0.1, 0.15) is 6.04 Å². The van der Waals surface area contributed by atoms with Crippen molar-refractivity contribution >= 4 is 21.9 Å². The molecule has 1 atom stereocenters. The van der Waals surface area contributed by atoms with E-state index in [-0.39, 0.29) is 24.5 Å². The van der Waals surface area contributed by atoms with Gasteiger partial charge >= 0.3 is 5.97 Å². The summed E-state index contributed by atoms with van der Waals surface area (Å²) in [4.78, 5) is 24.1. The molecule has 2 N–H and O–H groups in total. The number of nitrogens with one attached hydrogen (secondary N) is 2. The van der Waals surface area contributed by atoms with Crippen LogP contribution in [0.15, 0.2) is 35.2 Å². The zero-order valence-electron chi connectivity index (χ0n) is 17.2. The lowest BCUT2D eigenvalue weighted by Crippen LogP contribution is -2.42. The molecule has 0 spiro atoms. The Balaban J connectivity index is 1.92. The molecular weight excluding hydrogens is 412 g/mol. The Morgan fingerprint density at radius 3 is 2.67 bits per heavy atom. The number of sulfonamides is 1. The van der Waals surface area contributed by atoms with Crippen molar-refractivity contribution in [2.24, 2.45) is 0 Å². The Kier molecular flexibility index (Phi) is 9.13. The molecule has 1 aromatic rings. The first kappa shape index (κ1) is 23.7. The van der Waals surface area contributed by atoms with Gasteiger partial charge in [-0.1, -0.05) is 12.2 Å². The van der Waals surface area contributed by atoms with Crippen LogP contribution in [-0.4, -0.2) is 52.7 Å². The summed E-state index contributed by atoms with van der Waals surface area (Å²) < 4.78 is 43.4. The molecule has 0 bridgehead atoms. The second kappa shape index (κ2) is 11.6. The van der Waals surface area contributed by atoms with Crippen LogP contribution in [-0.2, 0) is 24.3 Å². The van der Waals surface area contributed by atoms with Crippen LogP contribution in [0.25, 0.3) is 0 Å². The van der Waals surface area contributed by atoms with Crippen LogP contribution in [0.5, 0.6) is 11.5 Å². The number of fused-ring (bicyclic) bond motifs is 1. The van der Waals surface area contributed by atoms with E-state index >= 15 is 0 Å². The molecule has 1 aliphatic rings. The zero-order valence-corrected chi connectivity index (χ0v) is 18.0. The highest BCUT2D eigenvalue weighted by molar-refractivity contribution is 7.89. The number of amides is 1. The van der Waals surface area contributed by atoms with E-state index < -0.39 is 27.9 Å². The molecule has 0 fully saturated rings. The molecule has 2 rings (SSSR count). The summed E-state index contributed by atoms with van der Waals surface area (Å²) in [5, 5.41) is 2.57. The fourth-order valence-electron chi connectivity index (χ4n) is 2.69. The van der Waals surface area contributed by atoms with Crippen molar-refractivity contribution in [3.05, 3.63) is 30.4 Å². The fourth-order valence-corrected chi connectivity index (χ4v) is 3.74. The van der Waals surface area contributed by atoms with Gasteiger partial charge in [0, 0.05) is 25.5 Å². The smallest absolute Gasteiger partial charge is 0.328 e. The second-order valence-electron chi connectivity index (χ2n) is 6.48. The van der Waals surface area contributed by atoms with Gasteiger partial charge in [-0.05, 0) is 32.4 Å². The summed E-state index contributed by atoms with van der Waals surface area (Å²) in [7, 11) is -3.84. The topological polar surface area (TPSA) is 120 Å². The van der Waals surface area contributed by atoms with Crippen molar-refractivity contribution in [3.63, 3.8) is 0 Å². The number of allylic oxidation sites excluding steroid dienone is 1. The van der Waals surface area contributed by atoms with E-state index in [2.05, 4.69) is 10.0 Å². The summed E-state index contributed by atoms with van der Waals surface area (Å²) in [5.41, 5.74) is 0. The van der Waals surface area contributed by atoms with Gasteiger partial charge in [-0.15, -0.1) is 0 Å². The van der Waals surface area contributed by atoms with E-state index in [9.17, 15) is 18.0 Å². The van der Waals surface area contributed by atoms with Crippen molar-refractivity contribution in [1.29, 1.82) is 0 Å². The van der Waals surface area contributed by atoms with E-state index in [1.807, 2.05) is 0 Å². The van der Waals surface area contributed by atoms with E-state index in [1.54, 1.807) is 32.1 Å². The molecule has 9 nitrogen and oxygen atoms in total. The van der Waals surface area contributed by atoms with Crippen molar-refractivity contribution in [3.8, 4) is 11.5 Å². The van der Waals surface area contributed by atoms with Gasteiger partial charge in [0.25, 0.3) is 0 Å². The van der Waals surface area contributed by atoms with E-state index in [4.69, 9.17) is 14.2 Å². The maximum absolute atomic E-state index is 12.5. The molecule has 1 aliphatic heterocycles. The summed E-state index contributed by atoms with van der Waals surface area (Å²) in [6.07, 6.45) is 4.39. The Morgan fingerprint density at radius 2 is 1.97 bits per heavy atom. The predicted molar refractivity (Wildman–Crippen MR) is 110 cm³/mol. The van der Waals surface area contributed by atoms with Crippen molar-refractivity contribution < 1.29 is 32.2 Å². The minimum atomic E-state index is -3.84. The maximum atomic E-state index is 12.5. The van der Waals surface area contributed by atoms with Crippen LogP contribution >= 0.6 is 0 Å². The van der Waals surface area contributed by atoms with Gasteiger partial charge < -0.3 is 19.5 Å². The molecule has 1 heterocycles. The third kappa shape index (κ3) is 7.03. The minimum absolute atomic E-state index is 0.0182. The average molecular weight is 441 g/mol. The van der Waals surface area contributed by atoms with Gasteiger partial charge in [0.15, 0.2) is 11.5 Å². The van der Waals surface area contributed by atoms with Gasteiger partial charge in [-0.2, -0.15) is 0 Å². The van der Waals surface area contributed by atoms with Gasteiger partial charge in [-0.3, -0.25) is 4.79 Å².